The molecule has 2 aromatic carbocycles. The molecule has 1 N–H and O–H groups in total. The standard InChI is InChI=1S/C18H22NO4P/c1-22-24(21,23-2)18(19(20)17-13-7-4-8-14-17)15-9-12-16-10-5-3-6-11-16/h3-14,18,20H,15H2,1-2H3/b12-9+. The van der Waals surface area contributed by atoms with Gasteiger partial charge in [-0.25, -0.2) is 5.06 Å². The number of hydroxylamine groups is 1. The van der Waals surface area contributed by atoms with Gasteiger partial charge in [-0.05, 0) is 17.7 Å². The number of benzene rings is 2. The Hall–Kier alpha value is -1.91. The molecule has 0 aromatic heterocycles. The van der Waals surface area contributed by atoms with E-state index < -0.39 is 13.4 Å². The van der Waals surface area contributed by atoms with E-state index in [9.17, 15) is 9.77 Å². The molecule has 0 spiro atoms. The lowest BCUT2D eigenvalue weighted by molar-refractivity contribution is 0.204. The summed E-state index contributed by atoms with van der Waals surface area (Å²) >= 11 is 0. The maximum atomic E-state index is 12.8. The van der Waals surface area contributed by atoms with E-state index in [0.717, 1.165) is 10.6 Å². The van der Waals surface area contributed by atoms with Crippen molar-refractivity contribution in [1.82, 2.24) is 0 Å². The molecule has 0 aliphatic carbocycles. The molecular formula is C18H22NO4P. The van der Waals surface area contributed by atoms with Crippen LogP contribution in [0, 0.1) is 0 Å². The minimum absolute atomic E-state index is 0.291. The van der Waals surface area contributed by atoms with Crippen LogP contribution >= 0.6 is 7.60 Å². The lowest BCUT2D eigenvalue weighted by Crippen LogP contribution is -2.32. The Morgan fingerprint density at radius 3 is 2.12 bits per heavy atom. The fraction of sp³-hybridized carbons (Fsp3) is 0.222. The Labute approximate surface area is 142 Å². The van der Waals surface area contributed by atoms with Crippen molar-refractivity contribution in [2.45, 2.75) is 12.2 Å². The van der Waals surface area contributed by atoms with Gasteiger partial charge < -0.3 is 9.05 Å². The average Bonchev–Trinajstić information content (AvgIpc) is 2.65. The van der Waals surface area contributed by atoms with Crippen molar-refractivity contribution in [3.63, 3.8) is 0 Å². The Kier molecular flexibility index (Phi) is 6.76. The Morgan fingerprint density at radius 2 is 1.58 bits per heavy atom. The molecule has 1 unspecified atom stereocenters. The second-order valence-electron chi connectivity index (χ2n) is 5.11. The summed E-state index contributed by atoms with van der Waals surface area (Å²) < 4.78 is 23.0. The van der Waals surface area contributed by atoms with Crippen LogP contribution in [0.5, 0.6) is 0 Å². The molecule has 128 valence electrons. The fourth-order valence-electron chi connectivity index (χ4n) is 2.32. The van der Waals surface area contributed by atoms with Crippen molar-refractivity contribution in [2.75, 3.05) is 19.3 Å². The molecule has 0 amide bonds. The molecule has 0 aliphatic heterocycles. The minimum Gasteiger partial charge on any atom is -0.310 e. The van der Waals surface area contributed by atoms with Crippen LogP contribution in [0.1, 0.15) is 12.0 Å². The van der Waals surface area contributed by atoms with E-state index in [1.165, 1.54) is 14.2 Å². The molecule has 0 saturated heterocycles. The second-order valence-corrected chi connectivity index (χ2v) is 7.52. The van der Waals surface area contributed by atoms with Gasteiger partial charge >= 0.3 is 7.60 Å². The third-order valence-corrected chi connectivity index (χ3v) is 5.81. The van der Waals surface area contributed by atoms with Crippen molar-refractivity contribution >= 4 is 19.4 Å². The smallest absolute Gasteiger partial charge is 0.310 e. The molecule has 2 rings (SSSR count). The van der Waals surface area contributed by atoms with Crippen LogP contribution in [-0.4, -0.2) is 25.2 Å². The van der Waals surface area contributed by atoms with E-state index in [4.69, 9.17) is 9.05 Å². The highest BCUT2D eigenvalue weighted by atomic mass is 31.2. The molecular weight excluding hydrogens is 325 g/mol. The van der Waals surface area contributed by atoms with Crippen molar-refractivity contribution in [1.29, 1.82) is 0 Å². The summed E-state index contributed by atoms with van der Waals surface area (Å²) in [5.41, 5.74) is 1.54. The van der Waals surface area contributed by atoms with Crippen molar-refractivity contribution < 1.29 is 18.8 Å². The third kappa shape index (κ3) is 4.56. The molecule has 0 heterocycles. The van der Waals surface area contributed by atoms with Gasteiger partial charge in [0.2, 0.25) is 0 Å². The van der Waals surface area contributed by atoms with Gasteiger partial charge in [0.1, 0.15) is 0 Å². The summed E-state index contributed by atoms with van der Waals surface area (Å²) in [4.78, 5) is 0. The summed E-state index contributed by atoms with van der Waals surface area (Å²) in [7, 11) is -0.876. The van der Waals surface area contributed by atoms with Gasteiger partial charge in [-0.15, -0.1) is 0 Å². The highest BCUT2D eigenvalue weighted by molar-refractivity contribution is 7.54. The SMILES string of the molecule is COP(=O)(OC)C(C/C=C/c1ccccc1)N(O)c1ccccc1. The molecule has 0 radical (unpaired) electrons. The summed E-state index contributed by atoms with van der Waals surface area (Å²) in [5.74, 6) is -0.852. The van der Waals surface area contributed by atoms with Gasteiger partial charge in [-0.3, -0.25) is 9.77 Å². The van der Waals surface area contributed by atoms with Crippen LogP contribution in [0.2, 0.25) is 0 Å². The summed E-state index contributed by atoms with van der Waals surface area (Å²) in [6.45, 7) is 0. The molecule has 0 fully saturated rings. The number of nitrogens with zero attached hydrogens (tertiary/aromatic N) is 1. The topological polar surface area (TPSA) is 59.0 Å². The molecule has 24 heavy (non-hydrogen) atoms. The first-order valence-electron chi connectivity index (χ1n) is 7.56. The third-order valence-electron chi connectivity index (χ3n) is 3.63. The molecule has 0 saturated carbocycles. The van der Waals surface area contributed by atoms with Crippen LogP contribution in [0.4, 0.5) is 5.69 Å². The highest BCUT2D eigenvalue weighted by Gasteiger charge is 2.38. The number of hydrogen-bond acceptors (Lipinski definition) is 5. The number of rotatable bonds is 8. The van der Waals surface area contributed by atoms with Gasteiger partial charge in [-0.1, -0.05) is 60.7 Å². The first-order valence-corrected chi connectivity index (χ1v) is 9.18. The van der Waals surface area contributed by atoms with E-state index in [-0.39, 0.29) is 0 Å². The first-order chi connectivity index (χ1) is 11.6. The van der Waals surface area contributed by atoms with Gasteiger partial charge in [-0.2, -0.15) is 0 Å². The Morgan fingerprint density at radius 1 is 1.04 bits per heavy atom. The zero-order valence-electron chi connectivity index (χ0n) is 13.8. The quantitative estimate of drug-likeness (QED) is 0.549. The van der Waals surface area contributed by atoms with Crippen LogP contribution in [0.3, 0.4) is 0 Å². The summed E-state index contributed by atoms with van der Waals surface area (Å²) in [5, 5.41) is 11.5. The monoisotopic (exact) mass is 347 g/mol. The predicted molar refractivity (Wildman–Crippen MR) is 96.2 cm³/mol. The van der Waals surface area contributed by atoms with E-state index >= 15 is 0 Å². The van der Waals surface area contributed by atoms with Crippen molar-refractivity contribution in [2.24, 2.45) is 0 Å². The zero-order chi connectivity index (χ0) is 17.4. The molecule has 0 bridgehead atoms. The number of para-hydroxylation sites is 1. The van der Waals surface area contributed by atoms with E-state index in [1.807, 2.05) is 48.6 Å². The maximum absolute atomic E-state index is 12.8. The van der Waals surface area contributed by atoms with E-state index in [1.54, 1.807) is 24.3 Å². The second kappa shape index (κ2) is 8.81. The predicted octanol–water partition coefficient (Wildman–Crippen LogP) is 4.80. The highest BCUT2D eigenvalue weighted by Crippen LogP contribution is 2.54. The van der Waals surface area contributed by atoms with Gasteiger partial charge in [0.15, 0.2) is 5.78 Å². The minimum atomic E-state index is -3.51. The first kappa shape index (κ1) is 18.4. The average molecular weight is 347 g/mol. The summed E-state index contributed by atoms with van der Waals surface area (Å²) in [6.07, 6.45) is 4.04. The lowest BCUT2D eigenvalue weighted by Gasteiger charge is -2.31. The van der Waals surface area contributed by atoms with Gasteiger partial charge in [0, 0.05) is 20.6 Å². The largest absolute Gasteiger partial charge is 0.355 e. The Balaban J connectivity index is 2.23. The van der Waals surface area contributed by atoms with Gasteiger partial charge in [0.05, 0.1) is 5.69 Å². The summed E-state index contributed by atoms with van der Waals surface area (Å²) in [6, 6.07) is 18.6. The Bertz CT molecular complexity index is 683. The zero-order valence-corrected chi connectivity index (χ0v) is 14.7. The lowest BCUT2D eigenvalue weighted by atomic mass is 10.2. The molecule has 0 aliphatic rings. The van der Waals surface area contributed by atoms with E-state index in [0.29, 0.717) is 12.1 Å². The van der Waals surface area contributed by atoms with Crippen LogP contribution in [0.25, 0.3) is 6.08 Å². The number of anilines is 1. The molecule has 5 nitrogen and oxygen atoms in total. The molecule has 2 aromatic rings. The fourth-order valence-corrected chi connectivity index (χ4v) is 3.74. The van der Waals surface area contributed by atoms with Crippen LogP contribution in [0.15, 0.2) is 66.7 Å². The molecule has 6 heteroatoms. The molecule has 1 atom stereocenters. The van der Waals surface area contributed by atoms with E-state index in [2.05, 4.69) is 0 Å². The van der Waals surface area contributed by atoms with Crippen LogP contribution in [-0.2, 0) is 13.6 Å². The van der Waals surface area contributed by atoms with Gasteiger partial charge in [0.25, 0.3) is 0 Å². The van der Waals surface area contributed by atoms with Crippen molar-refractivity contribution in [3.8, 4) is 0 Å². The maximum Gasteiger partial charge on any atom is 0.355 e. The van der Waals surface area contributed by atoms with Crippen molar-refractivity contribution in [3.05, 3.63) is 72.3 Å². The van der Waals surface area contributed by atoms with Crippen LogP contribution < -0.4 is 5.06 Å². The normalized spacial score (nSPS) is 13.1. The number of hydrogen-bond donors (Lipinski definition) is 1.